The van der Waals surface area contributed by atoms with E-state index in [2.05, 4.69) is 15.0 Å². The lowest BCUT2D eigenvalue weighted by atomic mass is 9.96. The van der Waals surface area contributed by atoms with Gasteiger partial charge in [-0.2, -0.15) is 9.97 Å². The number of rotatable bonds is 3. The lowest BCUT2D eigenvalue weighted by Gasteiger charge is -2.27. The molecule has 22 heavy (non-hydrogen) atoms. The molecule has 120 valence electrons. The van der Waals surface area contributed by atoms with E-state index in [-0.39, 0.29) is 11.8 Å². The Balaban J connectivity index is 2.13. The van der Waals surface area contributed by atoms with Crippen LogP contribution in [-0.2, 0) is 4.74 Å². The van der Waals surface area contributed by atoms with Gasteiger partial charge >= 0.3 is 0 Å². The molecule has 1 aliphatic rings. The van der Waals surface area contributed by atoms with E-state index in [9.17, 15) is 15.3 Å². The first-order valence-electron chi connectivity index (χ1n) is 6.61. The van der Waals surface area contributed by atoms with Gasteiger partial charge in [-0.25, -0.2) is 4.98 Å². The lowest BCUT2D eigenvalue weighted by molar-refractivity contribution is -0.0950. The fourth-order valence-corrected chi connectivity index (χ4v) is 2.61. The first-order valence-corrected chi connectivity index (χ1v) is 6.61. The van der Waals surface area contributed by atoms with Gasteiger partial charge in [-0.05, 0) is 6.92 Å². The minimum Gasteiger partial charge on any atom is -0.479 e. The zero-order valence-corrected chi connectivity index (χ0v) is 12.0. The van der Waals surface area contributed by atoms with E-state index in [4.69, 9.17) is 15.2 Å². The number of fused-ring (bicyclic) bond motifs is 1. The average Bonchev–Trinajstić information content (AvgIpc) is 2.98. The number of aliphatic hydroxyl groups is 3. The number of imidazole rings is 1. The second-order valence-electron chi connectivity index (χ2n) is 5.30. The maximum absolute atomic E-state index is 10.5. The quantitative estimate of drug-likeness (QED) is 0.526. The number of ether oxygens (including phenoxy) is 2. The molecule has 1 aliphatic heterocycles. The van der Waals surface area contributed by atoms with Crippen LogP contribution in [0.4, 0.5) is 5.95 Å². The highest BCUT2D eigenvalue weighted by atomic mass is 16.6. The topological polar surface area (TPSA) is 149 Å². The molecule has 1 saturated heterocycles. The van der Waals surface area contributed by atoms with Crippen LogP contribution in [0.3, 0.4) is 0 Å². The van der Waals surface area contributed by atoms with Gasteiger partial charge in [-0.1, -0.05) is 0 Å². The molecule has 0 saturated carbocycles. The molecule has 10 nitrogen and oxygen atoms in total. The summed E-state index contributed by atoms with van der Waals surface area (Å²) in [4.78, 5) is 12.1. The van der Waals surface area contributed by atoms with Crippen LogP contribution in [0.1, 0.15) is 13.2 Å². The molecule has 5 N–H and O–H groups in total. The van der Waals surface area contributed by atoms with Gasteiger partial charge in [0.1, 0.15) is 17.8 Å². The predicted octanol–water partition coefficient (Wildman–Crippen LogP) is -1.58. The van der Waals surface area contributed by atoms with Crippen molar-refractivity contribution in [2.24, 2.45) is 0 Å². The van der Waals surface area contributed by atoms with E-state index in [1.807, 2.05) is 0 Å². The van der Waals surface area contributed by atoms with Crippen LogP contribution in [0.15, 0.2) is 6.33 Å². The van der Waals surface area contributed by atoms with E-state index in [0.717, 1.165) is 0 Å². The molecule has 3 heterocycles. The molecule has 0 amide bonds. The molecule has 0 radical (unpaired) electrons. The van der Waals surface area contributed by atoms with Crippen molar-refractivity contribution in [1.82, 2.24) is 19.5 Å². The van der Waals surface area contributed by atoms with Crippen molar-refractivity contribution < 1.29 is 24.8 Å². The van der Waals surface area contributed by atoms with Gasteiger partial charge in [0, 0.05) is 0 Å². The number of nitrogens with two attached hydrogens (primary N) is 1. The van der Waals surface area contributed by atoms with Gasteiger partial charge in [0.25, 0.3) is 0 Å². The van der Waals surface area contributed by atoms with Gasteiger partial charge in [0.2, 0.25) is 11.8 Å². The average molecular weight is 311 g/mol. The molecular weight excluding hydrogens is 294 g/mol. The molecule has 0 aromatic carbocycles. The smallest absolute Gasteiger partial charge is 0.246 e. The summed E-state index contributed by atoms with van der Waals surface area (Å²) in [6.45, 7) is 0.979. The molecule has 1 fully saturated rings. The van der Waals surface area contributed by atoms with Crippen LogP contribution in [0.25, 0.3) is 11.2 Å². The van der Waals surface area contributed by atoms with E-state index in [1.54, 1.807) is 0 Å². The molecule has 10 heteroatoms. The van der Waals surface area contributed by atoms with Crippen LogP contribution in [0.2, 0.25) is 0 Å². The van der Waals surface area contributed by atoms with Crippen LogP contribution >= 0.6 is 0 Å². The van der Waals surface area contributed by atoms with Crippen LogP contribution in [0, 0.1) is 0 Å². The third kappa shape index (κ3) is 2.00. The summed E-state index contributed by atoms with van der Waals surface area (Å²) in [5, 5.41) is 29.8. The van der Waals surface area contributed by atoms with Crippen molar-refractivity contribution in [2.45, 2.75) is 31.0 Å². The Morgan fingerprint density at radius 2 is 2.23 bits per heavy atom. The minimum absolute atomic E-state index is 0.0250. The van der Waals surface area contributed by atoms with Gasteiger partial charge in [0.15, 0.2) is 17.4 Å². The molecule has 4 atom stereocenters. The van der Waals surface area contributed by atoms with Crippen LogP contribution in [0.5, 0.6) is 5.88 Å². The summed E-state index contributed by atoms with van der Waals surface area (Å²) in [5.41, 5.74) is 4.63. The summed E-state index contributed by atoms with van der Waals surface area (Å²) >= 11 is 0. The number of aliphatic hydroxyl groups excluding tert-OH is 2. The van der Waals surface area contributed by atoms with Crippen LogP contribution < -0.4 is 10.5 Å². The highest BCUT2D eigenvalue weighted by Gasteiger charge is 2.53. The Morgan fingerprint density at radius 1 is 1.50 bits per heavy atom. The minimum atomic E-state index is -1.64. The standard InChI is InChI=1S/C12H17N5O5/c1-12(20)7(19)5(3-18)22-10(12)17-4-14-6-8(17)15-11(13)16-9(6)21-2/h4-5,7,10,18-20H,3H2,1-2H3,(H2,13,15,16)/t5-,7+,10?,12?/m1/s1. The molecule has 2 aromatic heterocycles. The zero-order chi connectivity index (χ0) is 16.1. The van der Waals surface area contributed by atoms with Gasteiger partial charge < -0.3 is 30.5 Å². The zero-order valence-electron chi connectivity index (χ0n) is 12.0. The highest BCUT2D eigenvalue weighted by Crippen LogP contribution is 2.39. The number of hydrogen-bond acceptors (Lipinski definition) is 9. The number of methoxy groups -OCH3 is 1. The number of anilines is 1. The first kappa shape index (κ1) is 14.9. The first-order chi connectivity index (χ1) is 10.4. The fraction of sp³-hybridized carbons (Fsp3) is 0.583. The van der Waals surface area contributed by atoms with Gasteiger partial charge in [0.05, 0.1) is 20.0 Å². The third-order valence-corrected chi connectivity index (χ3v) is 3.79. The van der Waals surface area contributed by atoms with Crippen molar-refractivity contribution in [1.29, 1.82) is 0 Å². The molecular formula is C12H17N5O5. The summed E-state index contributed by atoms with van der Waals surface area (Å²) in [6.07, 6.45) is -1.80. The summed E-state index contributed by atoms with van der Waals surface area (Å²) < 4.78 is 12.1. The Hall–Kier alpha value is -2.01. The second kappa shape index (κ2) is 5.02. The fourth-order valence-electron chi connectivity index (χ4n) is 2.61. The third-order valence-electron chi connectivity index (χ3n) is 3.79. The SMILES string of the molecule is COc1nc(N)nc2c1ncn2C1O[C@H](CO)[C@H](O)C1(C)O. The molecule has 0 aliphatic carbocycles. The summed E-state index contributed by atoms with van der Waals surface area (Å²) in [7, 11) is 1.42. The van der Waals surface area contributed by atoms with Crippen molar-refractivity contribution in [3.63, 3.8) is 0 Å². The number of aromatic nitrogens is 4. The predicted molar refractivity (Wildman–Crippen MR) is 73.9 cm³/mol. The Labute approximate surface area is 125 Å². The van der Waals surface area contributed by atoms with Crippen molar-refractivity contribution >= 4 is 17.1 Å². The van der Waals surface area contributed by atoms with Crippen LogP contribution in [-0.4, -0.2) is 66.4 Å². The van der Waals surface area contributed by atoms with E-state index in [1.165, 1.54) is 24.9 Å². The van der Waals surface area contributed by atoms with Crippen molar-refractivity contribution in [3.05, 3.63) is 6.33 Å². The summed E-state index contributed by atoms with van der Waals surface area (Å²) in [6, 6.07) is 0. The molecule has 2 aromatic rings. The maximum Gasteiger partial charge on any atom is 0.246 e. The second-order valence-corrected chi connectivity index (χ2v) is 5.30. The normalized spacial score (nSPS) is 31.8. The monoisotopic (exact) mass is 311 g/mol. The van der Waals surface area contributed by atoms with Crippen molar-refractivity contribution in [2.75, 3.05) is 19.5 Å². The maximum atomic E-state index is 10.5. The molecule has 2 unspecified atom stereocenters. The van der Waals surface area contributed by atoms with Gasteiger partial charge in [-0.3, -0.25) is 4.57 Å². The molecule has 3 rings (SSSR count). The Kier molecular flexibility index (Phi) is 3.40. The Bertz CT molecular complexity index is 703. The van der Waals surface area contributed by atoms with Gasteiger partial charge in [-0.15, -0.1) is 0 Å². The molecule has 0 spiro atoms. The number of hydrogen-bond donors (Lipinski definition) is 4. The Morgan fingerprint density at radius 3 is 2.82 bits per heavy atom. The highest BCUT2D eigenvalue weighted by molar-refractivity contribution is 5.77. The van der Waals surface area contributed by atoms with E-state index in [0.29, 0.717) is 11.2 Å². The number of nitrogen functional groups attached to an aromatic ring is 1. The lowest BCUT2D eigenvalue weighted by Crippen LogP contribution is -2.44. The molecule has 0 bridgehead atoms. The largest absolute Gasteiger partial charge is 0.479 e. The number of nitrogens with zero attached hydrogens (tertiary/aromatic N) is 4. The summed E-state index contributed by atoms with van der Waals surface area (Å²) in [5.74, 6) is 0.168. The van der Waals surface area contributed by atoms with Crippen molar-refractivity contribution in [3.8, 4) is 5.88 Å². The van der Waals surface area contributed by atoms with E-state index < -0.39 is 30.6 Å². The van der Waals surface area contributed by atoms with E-state index >= 15 is 0 Å².